The summed E-state index contributed by atoms with van der Waals surface area (Å²) in [6, 6.07) is 0. The van der Waals surface area contributed by atoms with Crippen LogP contribution in [0, 0.1) is 0 Å². The van der Waals surface area contributed by atoms with Gasteiger partial charge in [-0.25, -0.2) is 0 Å². The zero-order chi connectivity index (χ0) is 9.40. The SMILES string of the molecule is CCC=COB(Cl)N(CC)CC. The Morgan fingerprint density at radius 1 is 1.33 bits per heavy atom. The van der Waals surface area contributed by atoms with Gasteiger partial charge in [-0.05, 0) is 19.5 Å². The summed E-state index contributed by atoms with van der Waals surface area (Å²) in [5, 5.41) is 0. The van der Waals surface area contributed by atoms with Crippen LogP contribution in [0.25, 0.3) is 0 Å². The van der Waals surface area contributed by atoms with Crippen molar-refractivity contribution < 1.29 is 4.65 Å². The molecule has 0 aromatic rings. The number of hydrogen-bond donors (Lipinski definition) is 0. The van der Waals surface area contributed by atoms with Gasteiger partial charge in [0, 0.05) is 0 Å². The fourth-order valence-corrected chi connectivity index (χ4v) is 1.15. The van der Waals surface area contributed by atoms with Gasteiger partial charge in [-0.2, -0.15) is 0 Å². The monoisotopic (exact) mass is 189 g/mol. The fourth-order valence-electron chi connectivity index (χ4n) is 0.813. The van der Waals surface area contributed by atoms with Crippen LogP contribution in [0.4, 0.5) is 0 Å². The summed E-state index contributed by atoms with van der Waals surface area (Å²) in [4.78, 5) is 2.03. The largest absolute Gasteiger partial charge is 0.561 e. The molecule has 0 aliphatic carbocycles. The van der Waals surface area contributed by atoms with Gasteiger partial charge in [0.25, 0.3) is 0 Å². The molecule has 0 aromatic carbocycles. The third kappa shape index (κ3) is 4.68. The molecule has 0 spiro atoms. The maximum atomic E-state index is 5.94. The van der Waals surface area contributed by atoms with Crippen molar-refractivity contribution in [3.8, 4) is 0 Å². The number of halogens is 1. The molecule has 0 aliphatic rings. The molecule has 0 heterocycles. The highest BCUT2D eigenvalue weighted by Gasteiger charge is 2.20. The fraction of sp³-hybridized carbons (Fsp3) is 0.750. The molecule has 70 valence electrons. The molecule has 4 heteroatoms. The summed E-state index contributed by atoms with van der Waals surface area (Å²) in [5.74, 6) is 0. The minimum Gasteiger partial charge on any atom is -0.540 e. The van der Waals surface area contributed by atoms with Crippen molar-refractivity contribution in [1.82, 2.24) is 4.81 Å². The van der Waals surface area contributed by atoms with E-state index in [0.29, 0.717) is 0 Å². The molecule has 12 heavy (non-hydrogen) atoms. The van der Waals surface area contributed by atoms with Gasteiger partial charge in [-0.1, -0.05) is 26.8 Å². The Balaban J connectivity index is 3.68. The standard InChI is InChI=1S/C8H17BClNO/c1-4-7-8-12-9(10)11(5-2)6-3/h7-8H,4-6H2,1-3H3. The summed E-state index contributed by atoms with van der Waals surface area (Å²) in [5.41, 5.74) is 0. The van der Waals surface area contributed by atoms with E-state index in [1.807, 2.05) is 10.9 Å². The lowest BCUT2D eigenvalue weighted by Gasteiger charge is -2.19. The van der Waals surface area contributed by atoms with Gasteiger partial charge >= 0.3 is 6.47 Å². The molecule has 0 bridgehead atoms. The van der Waals surface area contributed by atoms with Crippen molar-refractivity contribution in [2.45, 2.75) is 27.2 Å². The van der Waals surface area contributed by atoms with E-state index in [0.717, 1.165) is 19.5 Å². The van der Waals surface area contributed by atoms with Crippen molar-refractivity contribution in [3.05, 3.63) is 12.3 Å². The quantitative estimate of drug-likeness (QED) is 0.470. The van der Waals surface area contributed by atoms with Crippen molar-refractivity contribution in [3.63, 3.8) is 0 Å². The van der Waals surface area contributed by atoms with E-state index >= 15 is 0 Å². The second-order valence-electron chi connectivity index (χ2n) is 2.43. The van der Waals surface area contributed by atoms with Gasteiger partial charge in [-0.15, -0.1) is 11.5 Å². The normalized spacial score (nSPS) is 11.1. The zero-order valence-electron chi connectivity index (χ0n) is 8.09. The highest BCUT2D eigenvalue weighted by atomic mass is 35.5. The minimum absolute atomic E-state index is 0.331. The molecule has 0 aromatic heterocycles. The molecule has 0 fully saturated rings. The van der Waals surface area contributed by atoms with Gasteiger partial charge in [0.05, 0.1) is 6.26 Å². The number of allylic oxidation sites excluding steroid dienone is 1. The number of nitrogens with zero attached hydrogens (tertiary/aromatic N) is 1. The number of rotatable bonds is 6. The molecule has 0 rings (SSSR count). The predicted molar refractivity (Wildman–Crippen MR) is 55.0 cm³/mol. The third-order valence-electron chi connectivity index (χ3n) is 1.62. The van der Waals surface area contributed by atoms with Crippen LogP contribution in [0.15, 0.2) is 12.3 Å². The lowest BCUT2D eigenvalue weighted by molar-refractivity contribution is 0.381. The Kier molecular flexibility index (Phi) is 7.41. The molecule has 0 unspecified atom stereocenters. The van der Waals surface area contributed by atoms with E-state index in [-0.39, 0.29) is 6.47 Å². The van der Waals surface area contributed by atoms with E-state index < -0.39 is 0 Å². The van der Waals surface area contributed by atoms with Crippen LogP contribution in [0.2, 0.25) is 0 Å². The van der Waals surface area contributed by atoms with E-state index in [9.17, 15) is 0 Å². The van der Waals surface area contributed by atoms with Gasteiger partial charge in [0.1, 0.15) is 0 Å². The Morgan fingerprint density at radius 2 is 1.92 bits per heavy atom. The molecule has 0 atom stereocenters. The Hall–Kier alpha value is -0.145. The van der Waals surface area contributed by atoms with Gasteiger partial charge in [0.2, 0.25) is 0 Å². The van der Waals surface area contributed by atoms with Crippen LogP contribution < -0.4 is 0 Å². The van der Waals surface area contributed by atoms with Crippen LogP contribution in [0.3, 0.4) is 0 Å². The summed E-state index contributed by atoms with van der Waals surface area (Å²) in [7, 11) is 0. The molecular formula is C8H17BClNO. The lowest BCUT2D eigenvalue weighted by Crippen LogP contribution is -2.36. The first-order valence-corrected chi connectivity index (χ1v) is 4.88. The summed E-state index contributed by atoms with van der Waals surface area (Å²) in [6.07, 6.45) is 4.58. The molecule has 0 saturated heterocycles. The maximum absolute atomic E-state index is 5.94. The molecular weight excluding hydrogens is 172 g/mol. The first kappa shape index (κ1) is 11.9. The van der Waals surface area contributed by atoms with Crippen LogP contribution in [0.5, 0.6) is 0 Å². The smallest absolute Gasteiger partial charge is 0.540 e. The highest BCUT2D eigenvalue weighted by molar-refractivity contribution is 7.01. The Labute approximate surface area is 80.6 Å². The summed E-state index contributed by atoms with van der Waals surface area (Å²) < 4.78 is 5.24. The molecule has 2 nitrogen and oxygen atoms in total. The van der Waals surface area contributed by atoms with E-state index in [2.05, 4.69) is 20.8 Å². The van der Waals surface area contributed by atoms with Crippen LogP contribution in [-0.2, 0) is 4.65 Å². The Bertz CT molecular complexity index is 128. The van der Waals surface area contributed by atoms with Gasteiger partial charge < -0.3 is 4.65 Å². The van der Waals surface area contributed by atoms with Crippen molar-refractivity contribution in [1.29, 1.82) is 0 Å². The second-order valence-corrected chi connectivity index (χ2v) is 2.80. The average Bonchev–Trinajstić information content (AvgIpc) is 2.07. The number of hydrogen-bond acceptors (Lipinski definition) is 2. The highest BCUT2D eigenvalue weighted by Crippen LogP contribution is 2.01. The van der Waals surface area contributed by atoms with E-state index in [4.69, 9.17) is 16.1 Å². The van der Waals surface area contributed by atoms with Crippen LogP contribution >= 0.6 is 11.5 Å². The van der Waals surface area contributed by atoms with Crippen molar-refractivity contribution >= 4 is 17.9 Å². The zero-order valence-corrected chi connectivity index (χ0v) is 8.84. The average molecular weight is 189 g/mol. The molecule has 0 saturated carbocycles. The third-order valence-corrected chi connectivity index (χ3v) is 2.00. The molecule has 0 radical (unpaired) electrons. The van der Waals surface area contributed by atoms with Gasteiger partial charge in [0.15, 0.2) is 0 Å². The first-order chi connectivity index (χ1) is 5.76. The van der Waals surface area contributed by atoms with Crippen molar-refractivity contribution in [2.75, 3.05) is 13.1 Å². The lowest BCUT2D eigenvalue weighted by atomic mass is 10.2. The topological polar surface area (TPSA) is 12.5 Å². The molecule has 0 N–H and O–H groups in total. The molecule has 0 amide bonds. The van der Waals surface area contributed by atoms with Crippen LogP contribution in [0.1, 0.15) is 27.2 Å². The van der Waals surface area contributed by atoms with E-state index in [1.54, 1.807) is 6.26 Å². The summed E-state index contributed by atoms with van der Waals surface area (Å²) in [6.45, 7) is 7.66. The molecule has 0 aliphatic heterocycles. The minimum atomic E-state index is -0.331. The Morgan fingerprint density at radius 3 is 2.33 bits per heavy atom. The van der Waals surface area contributed by atoms with Crippen molar-refractivity contribution in [2.24, 2.45) is 0 Å². The summed E-state index contributed by atoms with van der Waals surface area (Å²) >= 11 is 5.94. The maximum Gasteiger partial charge on any atom is 0.561 e. The van der Waals surface area contributed by atoms with E-state index in [1.165, 1.54) is 0 Å². The predicted octanol–water partition coefficient (Wildman–Crippen LogP) is 2.49. The van der Waals surface area contributed by atoms with Gasteiger partial charge in [-0.3, -0.25) is 4.81 Å². The first-order valence-electron chi connectivity index (χ1n) is 4.44. The second kappa shape index (κ2) is 7.50. The van der Waals surface area contributed by atoms with Crippen LogP contribution in [-0.4, -0.2) is 24.4 Å².